The molecule has 1 fully saturated rings. The van der Waals surface area contributed by atoms with Gasteiger partial charge in [0.15, 0.2) is 5.65 Å². The van der Waals surface area contributed by atoms with Crippen LogP contribution in [0.5, 0.6) is 5.88 Å². The predicted octanol–water partition coefficient (Wildman–Crippen LogP) is 4.12. The number of nitrogens with zero attached hydrogens (tertiary/aromatic N) is 5. The first-order valence-corrected chi connectivity index (χ1v) is 12.0. The molecule has 0 radical (unpaired) electrons. The molecule has 0 unspecified atom stereocenters. The molecule has 2 aliphatic rings. The number of carbonyl (C=O) groups is 1. The smallest absolute Gasteiger partial charge is 0.391 e. The molecule has 8 nitrogen and oxygen atoms in total. The van der Waals surface area contributed by atoms with Gasteiger partial charge in [-0.15, -0.1) is 0 Å². The number of ether oxygens (including phenoxy) is 2. The molecule has 6 rings (SSSR count). The number of amides is 1. The molecule has 4 aromatic rings. The number of para-hydroxylation sites is 1. The number of aryl methyl sites for hydroxylation is 1. The minimum absolute atomic E-state index is 0.0634. The second-order valence-electron chi connectivity index (χ2n) is 8.98. The first-order valence-electron chi connectivity index (χ1n) is 12.0. The summed E-state index contributed by atoms with van der Waals surface area (Å²) in [6, 6.07) is 22.3. The van der Waals surface area contributed by atoms with E-state index in [1.807, 2.05) is 55.5 Å². The van der Waals surface area contributed by atoms with Crippen LogP contribution < -0.4 is 4.74 Å². The van der Waals surface area contributed by atoms with E-state index in [9.17, 15) is 4.79 Å². The van der Waals surface area contributed by atoms with Gasteiger partial charge in [-0.1, -0.05) is 48.5 Å². The molecule has 1 amide bonds. The number of rotatable bonds is 5. The van der Waals surface area contributed by atoms with E-state index in [1.54, 1.807) is 9.58 Å². The van der Waals surface area contributed by atoms with Crippen LogP contribution in [-0.4, -0.2) is 63.5 Å². The van der Waals surface area contributed by atoms with Crippen molar-refractivity contribution in [2.24, 2.45) is 0 Å². The van der Waals surface area contributed by atoms with Crippen LogP contribution in [0.2, 0.25) is 0 Å². The fourth-order valence-electron chi connectivity index (χ4n) is 4.92. The maximum Gasteiger partial charge on any atom is 0.416 e. The Bertz CT molecular complexity index is 1350. The molecular formula is C27H27N5O3. The van der Waals surface area contributed by atoms with Crippen molar-refractivity contribution in [1.29, 1.82) is 0 Å². The lowest BCUT2D eigenvalue weighted by Gasteiger charge is -2.38. The summed E-state index contributed by atoms with van der Waals surface area (Å²) < 4.78 is 13.1. The van der Waals surface area contributed by atoms with Crippen molar-refractivity contribution in [2.45, 2.75) is 19.5 Å². The highest BCUT2D eigenvalue weighted by atomic mass is 16.6. The van der Waals surface area contributed by atoms with Gasteiger partial charge in [0, 0.05) is 30.6 Å². The van der Waals surface area contributed by atoms with Crippen LogP contribution in [0.3, 0.4) is 0 Å². The van der Waals surface area contributed by atoms with Crippen LogP contribution in [0.4, 0.5) is 4.79 Å². The Morgan fingerprint density at radius 1 is 1.00 bits per heavy atom. The molecule has 4 heterocycles. The Hall–Kier alpha value is -3.75. The zero-order valence-corrected chi connectivity index (χ0v) is 19.6. The van der Waals surface area contributed by atoms with Gasteiger partial charge >= 0.3 is 6.09 Å². The lowest BCUT2D eigenvalue weighted by atomic mass is 10.0. The summed E-state index contributed by atoms with van der Waals surface area (Å²) in [5, 5.41) is 5.66. The predicted molar refractivity (Wildman–Crippen MR) is 132 cm³/mol. The van der Waals surface area contributed by atoms with Crippen LogP contribution in [-0.2, 0) is 11.3 Å². The van der Waals surface area contributed by atoms with Gasteiger partial charge in [0.25, 0.3) is 0 Å². The summed E-state index contributed by atoms with van der Waals surface area (Å²) in [5.74, 6) is 0.360. The Morgan fingerprint density at radius 3 is 2.46 bits per heavy atom. The molecule has 2 aliphatic heterocycles. The van der Waals surface area contributed by atoms with E-state index in [0.717, 1.165) is 35.4 Å². The first-order chi connectivity index (χ1) is 17.2. The van der Waals surface area contributed by atoms with Crippen molar-refractivity contribution < 1.29 is 14.3 Å². The summed E-state index contributed by atoms with van der Waals surface area (Å²) in [7, 11) is 0. The zero-order valence-electron chi connectivity index (χ0n) is 19.6. The second-order valence-corrected chi connectivity index (χ2v) is 8.98. The maximum absolute atomic E-state index is 13.1. The summed E-state index contributed by atoms with van der Waals surface area (Å²) in [6.07, 6.45) is -0.374. The van der Waals surface area contributed by atoms with Gasteiger partial charge in [0.2, 0.25) is 5.88 Å². The lowest BCUT2D eigenvalue weighted by molar-refractivity contribution is 0.00735. The minimum Gasteiger partial charge on any atom is -0.391 e. The summed E-state index contributed by atoms with van der Waals surface area (Å²) in [6.45, 7) is 6.01. The molecule has 2 aromatic carbocycles. The van der Waals surface area contributed by atoms with Gasteiger partial charge in [0.1, 0.15) is 0 Å². The van der Waals surface area contributed by atoms with E-state index in [4.69, 9.17) is 19.6 Å². The van der Waals surface area contributed by atoms with E-state index in [2.05, 4.69) is 23.1 Å². The molecule has 0 bridgehead atoms. The van der Waals surface area contributed by atoms with Crippen LogP contribution in [0.1, 0.15) is 22.9 Å². The van der Waals surface area contributed by atoms with Gasteiger partial charge in [-0.25, -0.2) is 9.48 Å². The van der Waals surface area contributed by atoms with Crippen molar-refractivity contribution in [3.63, 3.8) is 0 Å². The van der Waals surface area contributed by atoms with Crippen LogP contribution in [0, 0.1) is 6.92 Å². The van der Waals surface area contributed by atoms with Gasteiger partial charge in [-0.05, 0) is 30.7 Å². The van der Waals surface area contributed by atoms with E-state index < -0.39 is 0 Å². The van der Waals surface area contributed by atoms with Crippen molar-refractivity contribution >= 4 is 17.1 Å². The van der Waals surface area contributed by atoms with Crippen molar-refractivity contribution in [3.8, 4) is 11.6 Å². The third-order valence-electron chi connectivity index (χ3n) is 6.75. The van der Waals surface area contributed by atoms with Crippen LogP contribution in [0.25, 0.3) is 16.7 Å². The number of morpholine rings is 1. The maximum atomic E-state index is 13.1. The van der Waals surface area contributed by atoms with Crippen molar-refractivity contribution in [3.05, 3.63) is 83.6 Å². The molecule has 2 aromatic heterocycles. The highest BCUT2D eigenvalue weighted by molar-refractivity contribution is 5.83. The molecule has 0 N–H and O–H groups in total. The number of pyridine rings is 1. The van der Waals surface area contributed by atoms with E-state index >= 15 is 0 Å². The molecule has 0 spiro atoms. The number of benzene rings is 2. The van der Waals surface area contributed by atoms with Gasteiger partial charge in [0.05, 0.1) is 37.2 Å². The molecule has 178 valence electrons. The number of carbonyl (C=O) groups excluding carboxylic acids is 1. The molecule has 8 heteroatoms. The fourth-order valence-corrected chi connectivity index (χ4v) is 4.92. The van der Waals surface area contributed by atoms with Crippen LogP contribution >= 0.6 is 0 Å². The topological polar surface area (TPSA) is 72.7 Å². The average Bonchev–Trinajstić information content (AvgIpc) is 3.23. The normalized spacial score (nSPS) is 17.3. The molecule has 1 atom stereocenters. The zero-order chi connectivity index (χ0) is 23.8. The Balaban J connectivity index is 1.32. The lowest BCUT2D eigenvalue weighted by Crippen LogP contribution is -2.46. The van der Waals surface area contributed by atoms with Gasteiger partial charge in [-0.3, -0.25) is 4.90 Å². The van der Waals surface area contributed by atoms with Crippen LogP contribution in [0.15, 0.2) is 66.7 Å². The van der Waals surface area contributed by atoms with Gasteiger partial charge < -0.3 is 14.4 Å². The summed E-state index contributed by atoms with van der Waals surface area (Å²) in [5.41, 5.74) is 4.56. The standard InChI is InChI=1S/C27H27N5O3/c1-19-23-16-21-17-31(18-24(20-8-4-2-5-9-20)30-12-14-34-15-13-30)27(33)35-26(21)28-25(23)32(29-19)22-10-6-3-7-11-22/h2-11,16,24H,12-15,17-18H2,1H3/t24-/m0/s1. The number of hydrogen-bond donors (Lipinski definition) is 0. The third-order valence-corrected chi connectivity index (χ3v) is 6.75. The molecule has 0 aliphatic carbocycles. The number of hydrogen-bond acceptors (Lipinski definition) is 6. The highest BCUT2D eigenvalue weighted by Gasteiger charge is 2.32. The first kappa shape index (κ1) is 21.8. The van der Waals surface area contributed by atoms with E-state index in [-0.39, 0.29) is 12.1 Å². The van der Waals surface area contributed by atoms with Gasteiger partial charge in [-0.2, -0.15) is 10.1 Å². The van der Waals surface area contributed by atoms with E-state index in [1.165, 1.54) is 5.56 Å². The number of aromatic nitrogens is 3. The third kappa shape index (κ3) is 4.15. The quantitative estimate of drug-likeness (QED) is 0.438. The Morgan fingerprint density at radius 2 is 1.71 bits per heavy atom. The minimum atomic E-state index is -0.374. The second kappa shape index (κ2) is 9.13. The molecular weight excluding hydrogens is 442 g/mol. The fraction of sp³-hybridized carbons (Fsp3) is 0.296. The largest absolute Gasteiger partial charge is 0.416 e. The van der Waals surface area contributed by atoms with E-state index in [0.29, 0.717) is 37.8 Å². The Kier molecular flexibility index (Phi) is 5.67. The van der Waals surface area contributed by atoms with Crippen molar-refractivity contribution in [1.82, 2.24) is 24.6 Å². The van der Waals surface area contributed by atoms with Crippen molar-refractivity contribution in [2.75, 3.05) is 32.8 Å². The average molecular weight is 470 g/mol. The monoisotopic (exact) mass is 469 g/mol. The highest BCUT2D eigenvalue weighted by Crippen LogP contribution is 2.32. The number of fused-ring (bicyclic) bond motifs is 2. The molecule has 1 saturated heterocycles. The SMILES string of the molecule is Cc1nn(-c2ccccc2)c2nc3c(cc12)CN(C[C@@H](c1ccccc1)N1CCOCC1)C(=O)O3. The summed E-state index contributed by atoms with van der Waals surface area (Å²) >= 11 is 0. The molecule has 35 heavy (non-hydrogen) atoms. The summed E-state index contributed by atoms with van der Waals surface area (Å²) in [4.78, 5) is 22.0. The Labute approximate surface area is 203 Å². The molecule has 0 saturated carbocycles.